The van der Waals surface area contributed by atoms with Crippen LogP contribution >= 0.6 is 0 Å². The summed E-state index contributed by atoms with van der Waals surface area (Å²) in [6, 6.07) is 4.54. The van der Waals surface area contributed by atoms with Gasteiger partial charge in [-0.1, -0.05) is 18.2 Å². The van der Waals surface area contributed by atoms with Gasteiger partial charge in [0.25, 0.3) is 0 Å². The van der Waals surface area contributed by atoms with Gasteiger partial charge in [0.2, 0.25) is 5.95 Å². The fraction of sp³-hybridized carbons (Fsp3) is 0.593. The molecule has 3 aliphatic rings. The summed E-state index contributed by atoms with van der Waals surface area (Å²) in [5.74, 6) is 1.99. The van der Waals surface area contributed by atoms with Crippen molar-refractivity contribution >= 4 is 5.95 Å². The zero-order valence-corrected chi connectivity index (χ0v) is 22.9. The average Bonchev–Trinajstić information content (AvgIpc) is 3.10. The molecular weight excluding hydrogens is 488 g/mol. The quantitative estimate of drug-likeness (QED) is 0.455. The highest BCUT2D eigenvalue weighted by molar-refractivity contribution is 5.62. The summed E-state index contributed by atoms with van der Waals surface area (Å²) >= 11 is 0. The van der Waals surface area contributed by atoms with E-state index >= 15 is 0 Å². The molecule has 1 aromatic heterocycles. The average molecular weight is 527 g/mol. The Labute approximate surface area is 224 Å². The van der Waals surface area contributed by atoms with Gasteiger partial charge in [-0.3, -0.25) is 0 Å². The summed E-state index contributed by atoms with van der Waals surface area (Å²) in [5, 5.41) is 10.4. The number of hydrogen-bond acceptors (Lipinski definition) is 11. The first-order valence-corrected chi connectivity index (χ1v) is 13.1. The number of likely N-dealkylation sites (N-methyl/N-ethyl adjacent to an activating group) is 2. The highest BCUT2D eigenvalue weighted by Crippen LogP contribution is 2.55. The molecular formula is C27H38N6O5. The monoisotopic (exact) mass is 526 g/mol. The minimum atomic E-state index is -0.527. The van der Waals surface area contributed by atoms with Crippen molar-refractivity contribution in [2.24, 2.45) is 0 Å². The van der Waals surface area contributed by atoms with E-state index in [0.717, 1.165) is 36.4 Å². The van der Waals surface area contributed by atoms with E-state index in [0.29, 0.717) is 44.4 Å². The fourth-order valence-corrected chi connectivity index (χ4v) is 5.34. The van der Waals surface area contributed by atoms with Crippen LogP contribution in [0.5, 0.6) is 23.5 Å². The molecule has 2 unspecified atom stereocenters. The molecule has 0 fully saturated rings. The number of ether oxygens (including phenoxy) is 4. The number of methoxy groups -OCH3 is 1. The Kier molecular flexibility index (Phi) is 7.60. The third-order valence-electron chi connectivity index (χ3n) is 7.36. The van der Waals surface area contributed by atoms with Crippen LogP contribution in [0.25, 0.3) is 0 Å². The van der Waals surface area contributed by atoms with E-state index in [1.54, 1.807) is 7.11 Å². The lowest BCUT2D eigenvalue weighted by atomic mass is 9.69. The minimum absolute atomic E-state index is 0.166. The van der Waals surface area contributed by atoms with Gasteiger partial charge in [0.1, 0.15) is 19.3 Å². The van der Waals surface area contributed by atoms with Crippen molar-refractivity contribution in [3.05, 3.63) is 35.4 Å². The Bertz CT molecular complexity index is 1140. The van der Waals surface area contributed by atoms with Crippen molar-refractivity contribution in [3.63, 3.8) is 0 Å². The van der Waals surface area contributed by atoms with Gasteiger partial charge in [0.15, 0.2) is 11.5 Å². The van der Waals surface area contributed by atoms with Gasteiger partial charge >= 0.3 is 12.0 Å². The molecule has 1 N–H and O–H groups in total. The third-order valence-corrected chi connectivity index (χ3v) is 7.36. The lowest BCUT2D eigenvalue weighted by molar-refractivity contribution is 0.0856. The Morgan fingerprint density at radius 1 is 1.05 bits per heavy atom. The van der Waals surface area contributed by atoms with E-state index in [4.69, 9.17) is 18.9 Å². The summed E-state index contributed by atoms with van der Waals surface area (Å²) in [6.07, 6.45) is 4.63. The van der Waals surface area contributed by atoms with Gasteiger partial charge in [0, 0.05) is 38.2 Å². The highest BCUT2D eigenvalue weighted by atomic mass is 16.5. The van der Waals surface area contributed by atoms with E-state index in [9.17, 15) is 5.11 Å². The Balaban J connectivity index is 1.48. The molecule has 3 heterocycles. The number of hydrogen-bond donors (Lipinski definition) is 1. The Hall–Kier alpha value is -3.15. The number of benzene rings is 1. The molecule has 206 valence electrons. The van der Waals surface area contributed by atoms with Crippen molar-refractivity contribution < 1.29 is 24.1 Å². The van der Waals surface area contributed by atoms with Gasteiger partial charge < -0.3 is 38.8 Å². The second-order valence-electron chi connectivity index (χ2n) is 10.6. The summed E-state index contributed by atoms with van der Waals surface area (Å²) < 4.78 is 23.9. The zero-order chi connectivity index (χ0) is 26.9. The topological polar surface area (TPSA) is 106 Å². The molecule has 1 spiro atoms. The second-order valence-corrected chi connectivity index (χ2v) is 10.6. The van der Waals surface area contributed by atoms with Gasteiger partial charge in [-0.05, 0) is 46.2 Å². The summed E-state index contributed by atoms with van der Waals surface area (Å²) in [5.41, 5.74) is 1.90. The number of nitrogens with zero attached hydrogens (tertiary/aromatic N) is 6. The molecule has 0 radical (unpaired) electrons. The summed E-state index contributed by atoms with van der Waals surface area (Å²) in [4.78, 5) is 20.0. The molecule has 1 aliphatic carbocycles. The van der Waals surface area contributed by atoms with Gasteiger partial charge in [0.05, 0.1) is 18.6 Å². The summed E-state index contributed by atoms with van der Waals surface area (Å²) in [7, 11) is 9.62. The van der Waals surface area contributed by atoms with Crippen molar-refractivity contribution in [1.82, 2.24) is 24.8 Å². The lowest BCUT2D eigenvalue weighted by Crippen LogP contribution is -2.43. The van der Waals surface area contributed by atoms with Gasteiger partial charge in [-0.15, -0.1) is 4.98 Å². The van der Waals surface area contributed by atoms with Crippen molar-refractivity contribution in [2.45, 2.75) is 37.0 Å². The molecule has 3 atom stereocenters. The van der Waals surface area contributed by atoms with E-state index in [-0.39, 0.29) is 23.5 Å². The zero-order valence-electron chi connectivity index (χ0n) is 22.9. The maximum Gasteiger partial charge on any atom is 0.324 e. The first-order valence-electron chi connectivity index (χ1n) is 13.1. The van der Waals surface area contributed by atoms with Crippen LogP contribution in [0.15, 0.2) is 24.3 Å². The lowest BCUT2D eigenvalue weighted by Gasteiger charge is -2.35. The predicted molar refractivity (Wildman–Crippen MR) is 142 cm³/mol. The predicted octanol–water partition coefficient (Wildman–Crippen LogP) is 1.49. The van der Waals surface area contributed by atoms with Gasteiger partial charge in [-0.25, -0.2) is 0 Å². The van der Waals surface area contributed by atoms with Crippen molar-refractivity contribution in [3.8, 4) is 23.5 Å². The summed E-state index contributed by atoms with van der Waals surface area (Å²) in [6.45, 7) is 3.64. The Morgan fingerprint density at radius 3 is 2.37 bits per heavy atom. The highest BCUT2D eigenvalue weighted by Gasteiger charge is 2.53. The fourth-order valence-electron chi connectivity index (χ4n) is 5.34. The molecule has 0 bridgehead atoms. The van der Waals surface area contributed by atoms with E-state index in [1.807, 2.05) is 50.1 Å². The molecule has 1 aromatic carbocycles. The number of rotatable bonds is 10. The van der Waals surface area contributed by atoms with Crippen LogP contribution in [0.3, 0.4) is 0 Å². The van der Waals surface area contributed by atoms with Crippen LogP contribution in [0.1, 0.15) is 24.0 Å². The van der Waals surface area contributed by atoms with Crippen molar-refractivity contribution in [1.29, 1.82) is 0 Å². The SMILES string of the molecule is COc1ccc2c3c1OC1C[C@@H](O)C=CC31CCN(c1nc(OCCN(C)C)nc(OCCN(C)C)n1)C2. The number of anilines is 1. The molecule has 11 heteroatoms. The van der Waals surface area contributed by atoms with Crippen LogP contribution in [-0.2, 0) is 12.0 Å². The molecule has 2 aliphatic heterocycles. The number of aliphatic hydroxyl groups excluding tert-OH is 1. The van der Waals surface area contributed by atoms with Crippen LogP contribution < -0.4 is 23.8 Å². The Morgan fingerprint density at radius 2 is 1.74 bits per heavy atom. The van der Waals surface area contributed by atoms with Gasteiger partial charge in [-0.2, -0.15) is 9.97 Å². The third kappa shape index (κ3) is 5.23. The molecule has 0 saturated carbocycles. The number of aliphatic hydroxyl groups is 1. The molecule has 11 nitrogen and oxygen atoms in total. The molecule has 38 heavy (non-hydrogen) atoms. The first kappa shape index (κ1) is 26.5. The minimum Gasteiger partial charge on any atom is -0.493 e. The van der Waals surface area contributed by atoms with E-state index < -0.39 is 6.10 Å². The van der Waals surface area contributed by atoms with Crippen molar-refractivity contribution in [2.75, 3.05) is 73.0 Å². The maximum absolute atomic E-state index is 10.4. The number of aromatic nitrogens is 3. The van der Waals surface area contributed by atoms with E-state index in [2.05, 4.69) is 32.0 Å². The first-order chi connectivity index (χ1) is 18.3. The maximum atomic E-state index is 10.4. The second kappa shape index (κ2) is 10.9. The molecule has 5 rings (SSSR count). The molecule has 0 saturated heterocycles. The van der Waals surface area contributed by atoms with Crippen LogP contribution in [0.4, 0.5) is 5.95 Å². The normalized spacial score (nSPS) is 23.6. The smallest absolute Gasteiger partial charge is 0.324 e. The molecule has 2 aromatic rings. The molecule has 0 amide bonds. The van der Waals surface area contributed by atoms with E-state index in [1.165, 1.54) is 0 Å². The van der Waals surface area contributed by atoms with Crippen LogP contribution in [0.2, 0.25) is 0 Å². The van der Waals surface area contributed by atoms with Crippen LogP contribution in [-0.4, -0.2) is 110 Å². The largest absolute Gasteiger partial charge is 0.493 e. The standard InChI is InChI=1S/C27H38N6O5/c1-31(2)12-14-36-25-28-24(29-26(30-25)37-15-13-32(3)4)33-11-10-27-9-8-19(34)16-21(27)38-23-20(35-5)7-6-18(17-33)22(23)27/h6-9,19,21,34H,10-17H2,1-5H3/t19-,21?,27?/m0/s1. The van der Waals surface area contributed by atoms with Crippen LogP contribution in [0, 0.1) is 0 Å².